The predicted octanol–water partition coefficient (Wildman–Crippen LogP) is 2.94. The van der Waals surface area contributed by atoms with Gasteiger partial charge in [-0.3, -0.25) is 4.79 Å². The number of thiol groups is 1. The van der Waals surface area contributed by atoms with E-state index in [0.717, 1.165) is 0 Å². The first-order valence-electron chi connectivity index (χ1n) is 5.40. The summed E-state index contributed by atoms with van der Waals surface area (Å²) < 4.78 is 0. The van der Waals surface area contributed by atoms with Crippen LogP contribution in [0.3, 0.4) is 0 Å². The lowest BCUT2D eigenvalue weighted by Crippen LogP contribution is -1.89. The van der Waals surface area contributed by atoms with Gasteiger partial charge in [0, 0.05) is 6.92 Å². The Labute approximate surface area is 105 Å². The molecule has 0 saturated heterocycles. The molecule has 0 atom stereocenters. The first-order valence-corrected chi connectivity index (χ1v) is 5.85. The average molecular weight is 241 g/mol. The Balaban J connectivity index is 0. The summed E-state index contributed by atoms with van der Waals surface area (Å²) >= 11 is 3.33. The molecule has 0 amide bonds. The Bertz CT molecular complexity index is 245. The molecular formula is C13H23NOS. The fourth-order valence-electron chi connectivity index (χ4n) is 0.933. The molecule has 1 aromatic rings. The molecule has 2 nitrogen and oxygen atoms in total. The van der Waals surface area contributed by atoms with Gasteiger partial charge in [0.2, 0.25) is 0 Å². The molecule has 0 saturated carbocycles. The molecular weight excluding hydrogens is 218 g/mol. The van der Waals surface area contributed by atoms with Gasteiger partial charge in [-0.1, -0.05) is 43.7 Å². The van der Waals surface area contributed by atoms with Gasteiger partial charge in [0.1, 0.15) is 0 Å². The number of hydrogen-bond acceptors (Lipinski definition) is 2. The second-order valence-corrected chi connectivity index (χ2v) is 3.88. The van der Waals surface area contributed by atoms with Gasteiger partial charge in [-0.25, -0.2) is 0 Å². The molecule has 3 heteroatoms. The van der Waals surface area contributed by atoms with Crippen LogP contribution in [0.2, 0.25) is 0 Å². The van der Waals surface area contributed by atoms with Crippen molar-refractivity contribution in [3.63, 3.8) is 0 Å². The molecule has 0 aliphatic carbocycles. The normalized spacial score (nSPS) is 8.06. The van der Waals surface area contributed by atoms with Crippen molar-refractivity contribution in [2.75, 3.05) is 14.1 Å². The Hall–Kier alpha value is -0.800. The minimum Gasteiger partial charge on any atom is -0.323 e. The Morgan fingerprint density at radius 2 is 1.62 bits per heavy atom. The molecule has 0 spiro atoms. The van der Waals surface area contributed by atoms with Gasteiger partial charge in [-0.05, 0) is 26.1 Å². The van der Waals surface area contributed by atoms with Crippen LogP contribution in [0.15, 0.2) is 30.3 Å². The maximum atomic E-state index is 9.31. The van der Waals surface area contributed by atoms with E-state index in [0.29, 0.717) is 0 Å². The zero-order chi connectivity index (χ0) is 12.8. The highest BCUT2D eigenvalue weighted by Gasteiger charge is 1.84. The molecule has 0 aliphatic rings. The van der Waals surface area contributed by atoms with Crippen molar-refractivity contribution < 1.29 is 4.79 Å². The third-order valence-electron chi connectivity index (χ3n) is 1.38. The van der Waals surface area contributed by atoms with Crippen LogP contribution in [-0.2, 0) is 11.2 Å². The summed E-state index contributed by atoms with van der Waals surface area (Å²) in [6.45, 7) is 3.59. The van der Waals surface area contributed by atoms with E-state index in [4.69, 9.17) is 0 Å². The topological polar surface area (TPSA) is 29.1 Å². The van der Waals surface area contributed by atoms with Gasteiger partial charge in [-0.15, -0.1) is 12.6 Å². The Morgan fingerprint density at radius 1 is 1.25 bits per heavy atom. The summed E-state index contributed by atoms with van der Waals surface area (Å²) in [6, 6.07) is 10.6. The molecule has 0 aliphatic heterocycles. The molecule has 1 rings (SSSR count). The predicted molar refractivity (Wildman–Crippen MR) is 75.1 cm³/mol. The third kappa shape index (κ3) is 18.9. The lowest BCUT2D eigenvalue weighted by atomic mass is 10.1. The van der Waals surface area contributed by atoms with Crippen molar-refractivity contribution >= 4 is 17.7 Å². The van der Waals surface area contributed by atoms with Gasteiger partial charge in [0.05, 0.1) is 0 Å². The standard InChI is InChI=1S/C9H12.C2H7N.C2H4OS/c1-2-6-9-7-4-3-5-8-9;1-3-2;1-2(3)4/h3-5,7-8H,2,6H2,1H3;3H,1-2H3;1H3,(H,3,4). The molecule has 0 heterocycles. The third-order valence-corrected chi connectivity index (χ3v) is 1.38. The number of nitrogens with one attached hydrogen (secondary N) is 1. The van der Waals surface area contributed by atoms with Crippen LogP contribution in [0.4, 0.5) is 0 Å². The highest BCUT2D eigenvalue weighted by molar-refractivity contribution is 7.96. The van der Waals surface area contributed by atoms with Crippen LogP contribution in [0, 0.1) is 0 Å². The van der Waals surface area contributed by atoms with E-state index in [1.807, 2.05) is 14.1 Å². The second-order valence-electron chi connectivity index (χ2n) is 3.25. The van der Waals surface area contributed by atoms with E-state index >= 15 is 0 Å². The highest BCUT2D eigenvalue weighted by atomic mass is 32.1. The van der Waals surface area contributed by atoms with E-state index in [1.165, 1.54) is 25.3 Å². The molecule has 0 unspecified atom stereocenters. The van der Waals surface area contributed by atoms with Gasteiger partial charge in [-0.2, -0.15) is 0 Å². The Kier molecular flexibility index (Phi) is 15.6. The first-order chi connectivity index (χ1) is 7.58. The first kappa shape index (κ1) is 17.6. The fraction of sp³-hybridized carbons (Fsp3) is 0.462. The van der Waals surface area contributed by atoms with Crippen molar-refractivity contribution in [3.05, 3.63) is 35.9 Å². The maximum absolute atomic E-state index is 9.31. The smallest absolute Gasteiger partial charge is 0.182 e. The molecule has 1 N–H and O–H groups in total. The van der Waals surface area contributed by atoms with Gasteiger partial charge in [0.25, 0.3) is 0 Å². The lowest BCUT2D eigenvalue weighted by Gasteiger charge is -1.93. The number of hydrogen-bond donors (Lipinski definition) is 2. The van der Waals surface area contributed by atoms with Crippen LogP contribution >= 0.6 is 12.6 Å². The SMILES string of the molecule is CC(=O)S.CCCc1ccccc1.CNC. The summed E-state index contributed by atoms with van der Waals surface area (Å²) in [5.41, 5.74) is 1.44. The number of benzene rings is 1. The molecule has 92 valence electrons. The van der Waals surface area contributed by atoms with Gasteiger partial charge >= 0.3 is 0 Å². The minimum atomic E-state index is -0.139. The molecule has 0 fully saturated rings. The number of carbonyl (C=O) groups excluding carboxylic acids is 1. The molecule has 0 bridgehead atoms. The van der Waals surface area contributed by atoms with Gasteiger partial charge in [0.15, 0.2) is 5.12 Å². The van der Waals surface area contributed by atoms with Gasteiger partial charge < -0.3 is 5.32 Å². The van der Waals surface area contributed by atoms with Crippen LogP contribution < -0.4 is 5.32 Å². The second kappa shape index (κ2) is 14.2. The van der Waals surface area contributed by atoms with Crippen LogP contribution in [-0.4, -0.2) is 19.2 Å². The van der Waals surface area contributed by atoms with E-state index < -0.39 is 0 Å². The van der Waals surface area contributed by atoms with E-state index in [2.05, 4.69) is 55.2 Å². The summed E-state index contributed by atoms with van der Waals surface area (Å²) in [4.78, 5) is 9.31. The highest BCUT2D eigenvalue weighted by Crippen LogP contribution is 2.00. The van der Waals surface area contributed by atoms with Crippen molar-refractivity contribution in [3.8, 4) is 0 Å². The molecule has 1 aromatic carbocycles. The van der Waals surface area contributed by atoms with E-state index in [9.17, 15) is 4.79 Å². The maximum Gasteiger partial charge on any atom is 0.182 e. The van der Waals surface area contributed by atoms with E-state index in [-0.39, 0.29) is 5.12 Å². The number of aryl methyl sites for hydroxylation is 1. The number of rotatable bonds is 2. The minimum absolute atomic E-state index is 0.139. The quantitative estimate of drug-likeness (QED) is 0.780. The lowest BCUT2D eigenvalue weighted by molar-refractivity contribution is -0.108. The zero-order valence-corrected chi connectivity index (χ0v) is 11.6. The van der Waals surface area contributed by atoms with E-state index in [1.54, 1.807) is 0 Å². The summed E-state index contributed by atoms with van der Waals surface area (Å²) in [7, 11) is 3.75. The molecule has 16 heavy (non-hydrogen) atoms. The van der Waals surface area contributed by atoms with Crippen LogP contribution in [0.5, 0.6) is 0 Å². The van der Waals surface area contributed by atoms with Crippen LogP contribution in [0.25, 0.3) is 0 Å². The Morgan fingerprint density at radius 3 is 1.94 bits per heavy atom. The largest absolute Gasteiger partial charge is 0.323 e. The van der Waals surface area contributed by atoms with Crippen molar-refractivity contribution in [1.82, 2.24) is 5.32 Å². The molecule has 0 aromatic heterocycles. The number of carbonyl (C=O) groups is 1. The monoisotopic (exact) mass is 241 g/mol. The summed E-state index contributed by atoms with van der Waals surface area (Å²) in [6.07, 6.45) is 2.45. The van der Waals surface area contributed by atoms with Crippen molar-refractivity contribution in [2.45, 2.75) is 26.7 Å². The molecule has 0 radical (unpaired) electrons. The fourth-order valence-corrected chi connectivity index (χ4v) is 0.933. The summed E-state index contributed by atoms with van der Waals surface area (Å²) in [5.74, 6) is 0. The van der Waals surface area contributed by atoms with Crippen molar-refractivity contribution in [1.29, 1.82) is 0 Å². The average Bonchev–Trinajstić information content (AvgIpc) is 2.20. The van der Waals surface area contributed by atoms with Crippen LogP contribution in [0.1, 0.15) is 25.8 Å². The summed E-state index contributed by atoms with van der Waals surface area (Å²) in [5, 5.41) is 2.61. The van der Waals surface area contributed by atoms with Crippen molar-refractivity contribution in [2.24, 2.45) is 0 Å². The zero-order valence-electron chi connectivity index (χ0n) is 10.7.